The molecular formula is C15H22O5. The van der Waals surface area contributed by atoms with Crippen molar-refractivity contribution in [3.63, 3.8) is 0 Å². The monoisotopic (exact) mass is 282 g/mol. The van der Waals surface area contributed by atoms with Gasteiger partial charge in [0.15, 0.2) is 5.41 Å². The van der Waals surface area contributed by atoms with Gasteiger partial charge in [-0.15, -0.1) is 12.3 Å². The molecule has 0 amide bonds. The second-order valence-corrected chi connectivity index (χ2v) is 4.53. The van der Waals surface area contributed by atoms with Crippen molar-refractivity contribution in [1.82, 2.24) is 0 Å². The SMILES string of the molecule is C#CCC(C/C=C(\C)CCCO)(C(=O)OC)C(=O)OC. The Hall–Kier alpha value is -1.80. The first-order chi connectivity index (χ1) is 9.48. The maximum Gasteiger partial charge on any atom is 0.324 e. The van der Waals surface area contributed by atoms with Gasteiger partial charge in [-0.05, 0) is 26.2 Å². The van der Waals surface area contributed by atoms with E-state index in [-0.39, 0.29) is 19.4 Å². The molecule has 0 spiro atoms. The highest BCUT2D eigenvalue weighted by Gasteiger charge is 2.47. The van der Waals surface area contributed by atoms with Gasteiger partial charge in [0, 0.05) is 13.0 Å². The van der Waals surface area contributed by atoms with Crippen LogP contribution in [0.1, 0.15) is 32.6 Å². The van der Waals surface area contributed by atoms with Crippen molar-refractivity contribution in [1.29, 1.82) is 0 Å². The third-order valence-corrected chi connectivity index (χ3v) is 3.08. The van der Waals surface area contributed by atoms with E-state index in [1.165, 1.54) is 14.2 Å². The van der Waals surface area contributed by atoms with Crippen LogP contribution in [0.3, 0.4) is 0 Å². The lowest BCUT2D eigenvalue weighted by atomic mass is 9.80. The van der Waals surface area contributed by atoms with Gasteiger partial charge in [-0.2, -0.15) is 0 Å². The second-order valence-electron chi connectivity index (χ2n) is 4.53. The molecule has 5 heteroatoms. The summed E-state index contributed by atoms with van der Waals surface area (Å²) in [6.07, 6.45) is 8.37. The van der Waals surface area contributed by atoms with Crippen molar-refractivity contribution in [2.24, 2.45) is 5.41 Å². The minimum absolute atomic E-state index is 0.0872. The molecule has 0 saturated heterocycles. The van der Waals surface area contributed by atoms with Crippen LogP contribution in [0.2, 0.25) is 0 Å². The molecule has 0 bridgehead atoms. The number of rotatable bonds is 8. The summed E-state index contributed by atoms with van der Waals surface area (Å²) in [7, 11) is 2.41. The molecule has 0 aromatic heterocycles. The van der Waals surface area contributed by atoms with Crippen LogP contribution in [0, 0.1) is 17.8 Å². The number of aliphatic hydroxyl groups excluding tert-OH is 1. The second kappa shape index (κ2) is 9.16. The van der Waals surface area contributed by atoms with Crippen molar-refractivity contribution in [2.45, 2.75) is 32.6 Å². The van der Waals surface area contributed by atoms with E-state index < -0.39 is 17.4 Å². The van der Waals surface area contributed by atoms with Crippen LogP contribution in [0.25, 0.3) is 0 Å². The Bertz CT molecular complexity index is 387. The molecule has 20 heavy (non-hydrogen) atoms. The number of esters is 2. The van der Waals surface area contributed by atoms with Crippen LogP contribution in [0.5, 0.6) is 0 Å². The van der Waals surface area contributed by atoms with Crippen molar-refractivity contribution in [2.75, 3.05) is 20.8 Å². The number of hydrogen-bond acceptors (Lipinski definition) is 5. The quantitative estimate of drug-likeness (QED) is 0.316. The Morgan fingerprint density at radius 1 is 1.30 bits per heavy atom. The van der Waals surface area contributed by atoms with Crippen LogP contribution < -0.4 is 0 Å². The summed E-state index contributed by atoms with van der Waals surface area (Å²) in [5.74, 6) is 0.934. The Labute approximate surface area is 120 Å². The van der Waals surface area contributed by atoms with Crippen molar-refractivity contribution < 1.29 is 24.2 Å². The summed E-state index contributed by atoms with van der Waals surface area (Å²) in [6, 6.07) is 0. The molecule has 0 aliphatic carbocycles. The summed E-state index contributed by atoms with van der Waals surface area (Å²) in [4.78, 5) is 23.9. The molecule has 0 aromatic rings. The van der Waals surface area contributed by atoms with E-state index in [0.717, 1.165) is 5.57 Å². The number of carbonyl (C=O) groups is 2. The van der Waals surface area contributed by atoms with Crippen LogP contribution in [-0.4, -0.2) is 37.9 Å². The number of methoxy groups -OCH3 is 2. The van der Waals surface area contributed by atoms with E-state index in [4.69, 9.17) is 21.0 Å². The zero-order valence-electron chi connectivity index (χ0n) is 12.3. The van der Waals surface area contributed by atoms with Gasteiger partial charge >= 0.3 is 11.9 Å². The fourth-order valence-corrected chi connectivity index (χ4v) is 1.84. The fourth-order valence-electron chi connectivity index (χ4n) is 1.84. The normalized spacial score (nSPS) is 11.7. The Balaban J connectivity index is 5.25. The van der Waals surface area contributed by atoms with Crippen LogP contribution in [-0.2, 0) is 19.1 Å². The Kier molecular flexibility index (Phi) is 8.33. The van der Waals surface area contributed by atoms with Gasteiger partial charge in [-0.25, -0.2) is 0 Å². The summed E-state index contributed by atoms with van der Waals surface area (Å²) >= 11 is 0. The molecule has 5 nitrogen and oxygen atoms in total. The molecule has 0 unspecified atom stereocenters. The van der Waals surface area contributed by atoms with Gasteiger partial charge in [0.2, 0.25) is 0 Å². The Morgan fingerprint density at radius 3 is 2.25 bits per heavy atom. The van der Waals surface area contributed by atoms with Gasteiger partial charge in [0.05, 0.1) is 14.2 Å². The molecule has 0 aromatic carbocycles. The maximum atomic E-state index is 12.0. The highest BCUT2D eigenvalue weighted by atomic mass is 16.5. The lowest BCUT2D eigenvalue weighted by Crippen LogP contribution is -2.40. The Morgan fingerprint density at radius 2 is 1.85 bits per heavy atom. The number of terminal acetylenes is 1. The average Bonchev–Trinajstić information content (AvgIpc) is 2.47. The summed E-state index contributed by atoms with van der Waals surface area (Å²) in [5.41, 5.74) is -0.535. The smallest absolute Gasteiger partial charge is 0.324 e. The molecule has 0 aliphatic rings. The summed E-state index contributed by atoms with van der Waals surface area (Å²) in [5, 5.41) is 8.78. The van der Waals surface area contributed by atoms with Crippen LogP contribution >= 0.6 is 0 Å². The molecular weight excluding hydrogens is 260 g/mol. The van der Waals surface area contributed by atoms with Gasteiger partial charge < -0.3 is 14.6 Å². The molecule has 112 valence electrons. The average molecular weight is 282 g/mol. The standard InChI is InChI=1S/C15H22O5/c1-5-9-15(13(17)19-3,14(18)20-4)10-8-12(2)7-6-11-16/h1,8,16H,6-7,9-11H2,2-4H3/b12-8+. The summed E-state index contributed by atoms with van der Waals surface area (Å²) in [6.45, 7) is 1.96. The van der Waals surface area contributed by atoms with Crippen molar-refractivity contribution in [3.8, 4) is 12.3 Å². The zero-order chi connectivity index (χ0) is 15.6. The highest BCUT2D eigenvalue weighted by Crippen LogP contribution is 2.31. The fraction of sp³-hybridized carbons (Fsp3) is 0.600. The molecule has 0 radical (unpaired) electrons. The topological polar surface area (TPSA) is 72.8 Å². The number of hydrogen-bond donors (Lipinski definition) is 1. The summed E-state index contributed by atoms with van der Waals surface area (Å²) < 4.78 is 9.40. The van der Waals surface area contributed by atoms with E-state index in [2.05, 4.69) is 5.92 Å². The van der Waals surface area contributed by atoms with E-state index in [0.29, 0.717) is 12.8 Å². The van der Waals surface area contributed by atoms with Gasteiger partial charge in [0.1, 0.15) is 0 Å². The zero-order valence-corrected chi connectivity index (χ0v) is 12.3. The number of aliphatic hydroxyl groups is 1. The van der Waals surface area contributed by atoms with E-state index in [1.807, 2.05) is 6.92 Å². The first kappa shape index (κ1) is 18.2. The van der Waals surface area contributed by atoms with Gasteiger partial charge in [-0.1, -0.05) is 11.6 Å². The molecule has 0 atom stereocenters. The number of allylic oxidation sites excluding steroid dienone is 2. The lowest BCUT2D eigenvalue weighted by Gasteiger charge is -2.25. The van der Waals surface area contributed by atoms with Crippen molar-refractivity contribution >= 4 is 11.9 Å². The molecule has 0 rings (SSSR count). The van der Waals surface area contributed by atoms with E-state index >= 15 is 0 Å². The molecule has 0 saturated carbocycles. The highest BCUT2D eigenvalue weighted by molar-refractivity contribution is 6.00. The molecule has 0 heterocycles. The maximum absolute atomic E-state index is 12.0. The predicted molar refractivity (Wildman–Crippen MR) is 74.6 cm³/mol. The lowest BCUT2D eigenvalue weighted by molar-refractivity contribution is -0.168. The molecule has 1 N–H and O–H groups in total. The van der Waals surface area contributed by atoms with E-state index in [1.54, 1.807) is 6.08 Å². The third kappa shape index (κ3) is 4.71. The minimum atomic E-state index is -1.50. The van der Waals surface area contributed by atoms with Crippen molar-refractivity contribution in [3.05, 3.63) is 11.6 Å². The van der Waals surface area contributed by atoms with Gasteiger partial charge in [0.25, 0.3) is 0 Å². The minimum Gasteiger partial charge on any atom is -0.468 e. The van der Waals surface area contributed by atoms with Crippen LogP contribution in [0.15, 0.2) is 11.6 Å². The van der Waals surface area contributed by atoms with Crippen LogP contribution in [0.4, 0.5) is 0 Å². The third-order valence-electron chi connectivity index (χ3n) is 3.08. The first-order valence-corrected chi connectivity index (χ1v) is 6.35. The first-order valence-electron chi connectivity index (χ1n) is 6.35. The number of carbonyl (C=O) groups excluding carboxylic acids is 2. The van der Waals surface area contributed by atoms with E-state index in [9.17, 15) is 9.59 Å². The van der Waals surface area contributed by atoms with Gasteiger partial charge in [-0.3, -0.25) is 9.59 Å². The predicted octanol–water partition coefficient (Wildman–Crippen LogP) is 1.45. The largest absolute Gasteiger partial charge is 0.468 e. The number of ether oxygens (including phenoxy) is 2. The molecule has 0 fully saturated rings. The molecule has 0 aliphatic heterocycles.